The molecule has 0 atom stereocenters. The highest BCUT2D eigenvalue weighted by Gasteiger charge is 2.21. The van der Waals surface area contributed by atoms with E-state index in [4.69, 9.17) is 4.52 Å². The minimum atomic E-state index is -3.62. The SMILES string of the molecule is Cc1cc(NS(=O)(=O)c2ccc(SCC3CC3)cc2)no1. The van der Waals surface area contributed by atoms with Gasteiger partial charge in [-0.15, -0.1) is 11.8 Å². The highest BCUT2D eigenvalue weighted by atomic mass is 32.2. The largest absolute Gasteiger partial charge is 0.360 e. The van der Waals surface area contributed by atoms with Gasteiger partial charge in [0.1, 0.15) is 5.76 Å². The molecule has 112 valence electrons. The Bertz CT molecular complexity index is 719. The van der Waals surface area contributed by atoms with Crippen LogP contribution >= 0.6 is 11.8 Å². The Morgan fingerprint density at radius 3 is 2.62 bits per heavy atom. The van der Waals surface area contributed by atoms with Gasteiger partial charge >= 0.3 is 0 Å². The standard InChI is InChI=1S/C14H16N2O3S2/c1-10-8-14(15-19-10)16-21(17,18)13-6-4-12(5-7-13)20-9-11-2-3-11/h4-8,11H,2-3,9H2,1H3,(H,15,16). The molecule has 21 heavy (non-hydrogen) atoms. The lowest BCUT2D eigenvalue weighted by Crippen LogP contribution is -2.12. The molecule has 1 saturated carbocycles. The van der Waals surface area contributed by atoms with Crippen molar-refractivity contribution in [1.29, 1.82) is 0 Å². The summed E-state index contributed by atoms with van der Waals surface area (Å²) in [6.45, 7) is 1.71. The van der Waals surface area contributed by atoms with Crippen LogP contribution in [0.4, 0.5) is 5.82 Å². The quantitative estimate of drug-likeness (QED) is 0.826. The van der Waals surface area contributed by atoms with Crippen LogP contribution in [0.3, 0.4) is 0 Å². The summed E-state index contributed by atoms with van der Waals surface area (Å²) in [6.07, 6.45) is 2.64. The van der Waals surface area contributed by atoms with Gasteiger partial charge in [-0.25, -0.2) is 8.42 Å². The summed E-state index contributed by atoms with van der Waals surface area (Å²) in [4.78, 5) is 1.32. The zero-order valence-corrected chi connectivity index (χ0v) is 13.2. The van der Waals surface area contributed by atoms with E-state index >= 15 is 0 Å². The van der Waals surface area contributed by atoms with Crippen molar-refractivity contribution in [2.24, 2.45) is 5.92 Å². The third-order valence-electron chi connectivity index (χ3n) is 3.18. The number of benzene rings is 1. The van der Waals surface area contributed by atoms with Crippen molar-refractivity contribution in [2.45, 2.75) is 29.6 Å². The summed E-state index contributed by atoms with van der Waals surface area (Å²) in [6, 6.07) is 8.46. The minimum absolute atomic E-state index is 0.194. The van der Waals surface area contributed by atoms with Crippen molar-refractivity contribution in [3.05, 3.63) is 36.1 Å². The van der Waals surface area contributed by atoms with Crippen molar-refractivity contribution in [2.75, 3.05) is 10.5 Å². The summed E-state index contributed by atoms with van der Waals surface area (Å²) in [5.41, 5.74) is 0. The summed E-state index contributed by atoms with van der Waals surface area (Å²) in [5, 5.41) is 3.63. The Morgan fingerprint density at radius 2 is 2.05 bits per heavy atom. The van der Waals surface area contributed by atoms with E-state index in [1.165, 1.54) is 18.9 Å². The first-order chi connectivity index (χ1) is 10.0. The van der Waals surface area contributed by atoms with Gasteiger partial charge in [0.15, 0.2) is 5.82 Å². The van der Waals surface area contributed by atoms with E-state index in [2.05, 4.69) is 9.88 Å². The van der Waals surface area contributed by atoms with Crippen LogP contribution in [-0.4, -0.2) is 19.3 Å². The number of hydrogen-bond donors (Lipinski definition) is 1. The van der Waals surface area contributed by atoms with Crippen LogP contribution < -0.4 is 4.72 Å². The predicted molar refractivity (Wildman–Crippen MR) is 81.9 cm³/mol. The second-order valence-corrected chi connectivity index (χ2v) is 7.93. The molecule has 0 unspecified atom stereocenters. The van der Waals surface area contributed by atoms with Crippen molar-refractivity contribution < 1.29 is 12.9 Å². The second-order valence-electron chi connectivity index (χ2n) is 5.15. The highest BCUT2D eigenvalue weighted by molar-refractivity contribution is 7.99. The molecule has 0 radical (unpaired) electrons. The molecule has 0 spiro atoms. The maximum absolute atomic E-state index is 12.2. The molecule has 1 heterocycles. The van der Waals surface area contributed by atoms with Crippen LogP contribution in [0, 0.1) is 12.8 Å². The Balaban J connectivity index is 1.69. The number of aryl methyl sites for hydroxylation is 1. The van der Waals surface area contributed by atoms with Gasteiger partial charge in [-0.05, 0) is 49.9 Å². The minimum Gasteiger partial charge on any atom is -0.360 e. The fourth-order valence-corrected chi connectivity index (χ4v) is 3.90. The highest BCUT2D eigenvalue weighted by Crippen LogP contribution is 2.35. The predicted octanol–water partition coefficient (Wildman–Crippen LogP) is 3.29. The van der Waals surface area contributed by atoms with Gasteiger partial charge in [0.05, 0.1) is 4.90 Å². The molecule has 1 aromatic carbocycles. The van der Waals surface area contributed by atoms with Gasteiger partial charge in [0.2, 0.25) is 0 Å². The molecule has 0 amide bonds. The molecule has 0 aliphatic heterocycles. The molecule has 2 aromatic rings. The average molecular weight is 324 g/mol. The Hall–Kier alpha value is -1.47. The van der Waals surface area contributed by atoms with E-state index in [0.29, 0.717) is 5.76 Å². The number of hydrogen-bond acceptors (Lipinski definition) is 5. The fourth-order valence-electron chi connectivity index (χ4n) is 1.82. The second kappa shape index (κ2) is 5.73. The maximum Gasteiger partial charge on any atom is 0.263 e. The normalized spacial score (nSPS) is 15.1. The van der Waals surface area contributed by atoms with E-state index < -0.39 is 10.0 Å². The molecule has 0 saturated heterocycles. The molecule has 1 aromatic heterocycles. The molecule has 3 rings (SSSR count). The van der Waals surface area contributed by atoms with Gasteiger partial charge < -0.3 is 4.52 Å². The first kappa shape index (κ1) is 14.5. The number of anilines is 1. The number of sulfonamides is 1. The van der Waals surface area contributed by atoms with E-state index in [1.807, 2.05) is 12.1 Å². The monoisotopic (exact) mass is 324 g/mol. The molecule has 7 heteroatoms. The molecule has 0 bridgehead atoms. The van der Waals surface area contributed by atoms with Crippen LogP contribution in [0.1, 0.15) is 18.6 Å². The molecule has 1 fully saturated rings. The first-order valence-corrected chi connectivity index (χ1v) is 9.19. The zero-order chi connectivity index (χ0) is 14.9. The van der Waals surface area contributed by atoms with Crippen LogP contribution in [-0.2, 0) is 10.0 Å². The number of aromatic nitrogens is 1. The maximum atomic E-state index is 12.2. The van der Waals surface area contributed by atoms with Crippen LogP contribution in [0.2, 0.25) is 0 Å². The van der Waals surface area contributed by atoms with Gasteiger partial charge in [0, 0.05) is 16.7 Å². The van der Waals surface area contributed by atoms with E-state index in [1.54, 1.807) is 30.8 Å². The number of rotatable bonds is 6. The summed E-state index contributed by atoms with van der Waals surface area (Å²) in [7, 11) is -3.62. The van der Waals surface area contributed by atoms with Gasteiger partial charge in [0.25, 0.3) is 10.0 Å². The Kier molecular flexibility index (Phi) is 3.95. The topological polar surface area (TPSA) is 72.2 Å². The van der Waals surface area contributed by atoms with Crippen LogP contribution in [0.5, 0.6) is 0 Å². The van der Waals surface area contributed by atoms with Gasteiger partial charge in [-0.3, -0.25) is 4.72 Å². The summed E-state index contributed by atoms with van der Waals surface area (Å²) < 4.78 is 31.6. The lowest BCUT2D eigenvalue weighted by atomic mass is 10.4. The first-order valence-electron chi connectivity index (χ1n) is 6.72. The number of nitrogens with zero attached hydrogens (tertiary/aromatic N) is 1. The third kappa shape index (κ3) is 3.79. The molecule has 1 N–H and O–H groups in total. The van der Waals surface area contributed by atoms with Crippen LogP contribution in [0.25, 0.3) is 0 Å². The Labute approximate surface area is 128 Å². The third-order valence-corrected chi connectivity index (χ3v) is 5.80. The molecule has 5 nitrogen and oxygen atoms in total. The molecular formula is C14H16N2O3S2. The van der Waals surface area contributed by atoms with Crippen molar-refractivity contribution in [3.63, 3.8) is 0 Å². The van der Waals surface area contributed by atoms with Crippen molar-refractivity contribution in [1.82, 2.24) is 5.16 Å². The lowest BCUT2D eigenvalue weighted by Gasteiger charge is -2.06. The number of thioether (sulfide) groups is 1. The van der Waals surface area contributed by atoms with Crippen molar-refractivity contribution >= 4 is 27.6 Å². The lowest BCUT2D eigenvalue weighted by molar-refractivity contribution is 0.400. The molecule has 1 aliphatic carbocycles. The van der Waals surface area contributed by atoms with Crippen LogP contribution in [0.15, 0.2) is 44.6 Å². The van der Waals surface area contributed by atoms with E-state index in [9.17, 15) is 8.42 Å². The van der Waals surface area contributed by atoms with E-state index in [0.717, 1.165) is 16.6 Å². The summed E-state index contributed by atoms with van der Waals surface area (Å²) >= 11 is 1.78. The Morgan fingerprint density at radius 1 is 1.33 bits per heavy atom. The summed E-state index contributed by atoms with van der Waals surface area (Å²) in [5.74, 6) is 2.71. The van der Waals surface area contributed by atoms with Gasteiger partial charge in [-0.2, -0.15) is 0 Å². The van der Waals surface area contributed by atoms with Gasteiger partial charge in [-0.1, -0.05) is 5.16 Å². The molecule has 1 aliphatic rings. The smallest absolute Gasteiger partial charge is 0.263 e. The average Bonchev–Trinajstić information content (AvgIpc) is 3.20. The fraction of sp³-hybridized carbons (Fsp3) is 0.357. The number of nitrogens with one attached hydrogen (secondary N) is 1. The molecular weight excluding hydrogens is 308 g/mol. The zero-order valence-electron chi connectivity index (χ0n) is 11.6. The van der Waals surface area contributed by atoms with Crippen molar-refractivity contribution in [3.8, 4) is 0 Å². The van der Waals surface area contributed by atoms with E-state index in [-0.39, 0.29) is 10.7 Å².